The predicted molar refractivity (Wildman–Crippen MR) is 78.0 cm³/mol. The van der Waals surface area contributed by atoms with Gasteiger partial charge in [0.25, 0.3) is 0 Å². The van der Waals surface area contributed by atoms with E-state index in [0.717, 1.165) is 12.1 Å². The van der Waals surface area contributed by atoms with Gasteiger partial charge < -0.3 is 14.4 Å². The van der Waals surface area contributed by atoms with Gasteiger partial charge >= 0.3 is 6.09 Å². The lowest BCUT2D eigenvalue weighted by Crippen LogP contribution is -2.36. The zero-order valence-electron chi connectivity index (χ0n) is 12.5. The fraction of sp³-hybridized carbons (Fsp3) is 0.643. The van der Waals surface area contributed by atoms with E-state index < -0.39 is 5.60 Å². The van der Waals surface area contributed by atoms with E-state index in [1.54, 1.807) is 17.0 Å². The van der Waals surface area contributed by atoms with Crippen molar-refractivity contribution in [1.29, 1.82) is 0 Å². The van der Waals surface area contributed by atoms with E-state index in [2.05, 4.69) is 10.2 Å². The van der Waals surface area contributed by atoms with Gasteiger partial charge in [-0.2, -0.15) is 5.10 Å². The molecule has 0 aliphatic carbocycles. The van der Waals surface area contributed by atoms with Crippen LogP contribution in [0, 0.1) is 0 Å². The highest BCUT2D eigenvalue weighted by atomic mass is 35.5. The van der Waals surface area contributed by atoms with Gasteiger partial charge in [0.2, 0.25) is 0 Å². The molecule has 1 aromatic heterocycles. The molecule has 1 saturated heterocycles. The minimum Gasteiger partial charge on any atom is -0.444 e. The normalized spacial score (nSPS) is 18.9. The smallest absolute Gasteiger partial charge is 0.410 e. The number of halogens is 1. The number of hydrogen-bond acceptors (Lipinski definition) is 5. The molecule has 1 aromatic rings. The molecular formula is C14H20ClN3O3. The van der Waals surface area contributed by atoms with Crippen LogP contribution in [0.15, 0.2) is 12.1 Å². The van der Waals surface area contributed by atoms with Gasteiger partial charge in [-0.1, -0.05) is 11.6 Å². The maximum Gasteiger partial charge on any atom is 0.410 e. The Labute approximate surface area is 129 Å². The lowest BCUT2D eigenvalue weighted by Gasteiger charge is -2.24. The highest BCUT2D eigenvalue weighted by Crippen LogP contribution is 2.18. The third-order valence-electron chi connectivity index (χ3n) is 2.95. The Bertz CT molecular complexity index is 487. The lowest BCUT2D eigenvalue weighted by molar-refractivity contribution is 0.0179. The Balaban J connectivity index is 1.77. The molecule has 21 heavy (non-hydrogen) atoms. The van der Waals surface area contributed by atoms with Gasteiger partial charge in [0.1, 0.15) is 5.60 Å². The quantitative estimate of drug-likeness (QED) is 0.858. The molecule has 0 unspecified atom stereocenters. The Morgan fingerprint density at radius 1 is 1.43 bits per heavy atom. The highest BCUT2D eigenvalue weighted by molar-refractivity contribution is 6.29. The van der Waals surface area contributed by atoms with Crippen molar-refractivity contribution in [3.8, 4) is 0 Å². The van der Waals surface area contributed by atoms with Gasteiger partial charge in [-0.15, -0.1) is 5.10 Å². The molecule has 1 fully saturated rings. The first-order valence-electron chi connectivity index (χ1n) is 6.91. The summed E-state index contributed by atoms with van der Waals surface area (Å²) in [6.07, 6.45) is 0.496. The third-order valence-corrected chi connectivity index (χ3v) is 3.15. The summed E-state index contributed by atoms with van der Waals surface area (Å²) in [7, 11) is 0. The van der Waals surface area contributed by atoms with Gasteiger partial charge in [-0.25, -0.2) is 4.79 Å². The summed E-state index contributed by atoms with van der Waals surface area (Å²) in [6, 6.07) is 3.45. The van der Waals surface area contributed by atoms with Crippen LogP contribution < -0.4 is 0 Å². The van der Waals surface area contributed by atoms with Crippen molar-refractivity contribution < 1.29 is 14.3 Å². The first-order chi connectivity index (χ1) is 9.83. The van der Waals surface area contributed by atoms with E-state index in [1.165, 1.54) is 0 Å². The van der Waals surface area contributed by atoms with Crippen LogP contribution >= 0.6 is 11.6 Å². The molecule has 0 N–H and O–H groups in total. The van der Waals surface area contributed by atoms with Crippen LogP contribution in [0.2, 0.25) is 5.15 Å². The average Bonchev–Trinajstić information content (AvgIpc) is 2.85. The summed E-state index contributed by atoms with van der Waals surface area (Å²) in [5.41, 5.74) is 0.240. The number of likely N-dealkylation sites (tertiary alicyclic amines) is 1. The van der Waals surface area contributed by atoms with E-state index in [4.69, 9.17) is 21.1 Å². The molecule has 0 spiro atoms. The second-order valence-electron chi connectivity index (χ2n) is 6.00. The molecule has 0 saturated carbocycles. The third kappa shape index (κ3) is 5.13. The molecule has 1 atom stereocenters. The number of hydrogen-bond donors (Lipinski definition) is 0. The minimum atomic E-state index is -0.477. The number of aromatic nitrogens is 2. The fourth-order valence-electron chi connectivity index (χ4n) is 1.98. The largest absolute Gasteiger partial charge is 0.444 e. The number of ether oxygens (including phenoxy) is 2. The number of carbonyl (C=O) groups excluding carboxylic acids is 1. The van der Waals surface area contributed by atoms with Crippen molar-refractivity contribution >= 4 is 17.7 Å². The molecule has 2 rings (SSSR count). The van der Waals surface area contributed by atoms with E-state index in [-0.39, 0.29) is 12.2 Å². The van der Waals surface area contributed by atoms with Crippen LogP contribution in [-0.4, -0.2) is 46.0 Å². The molecule has 1 aliphatic rings. The Morgan fingerprint density at radius 3 is 2.81 bits per heavy atom. The first-order valence-corrected chi connectivity index (χ1v) is 7.29. The number of carbonyl (C=O) groups is 1. The van der Waals surface area contributed by atoms with Crippen LogP contribution in [0.25, 0.3) is 0 Å². The first kappa shape index (κ1) is 16.0. The Morgan fingerprint density at radius 2 is 2.19 bits per heavy atom. The summed E-state index contributed by atoms with van der Waals surface area (Å²) in [5.74, 6) is 0. The van der Waals surface area contributed by atoms with Crippen LogP contribution in [0.3, 0.4) is 0 Å². The molecule has 1 aliphatic heterocycles. The molecule has 7 heteroatoms. The van der Waals surface area contributed by atoms with Crippen molar-refractivity contribution in [2.24, 2.45) is 0 Å². The monoisotopic (exact) mass is 313 g/mol. The molecule has 1 amide bonds. The molecule has 6 nitrogen and oxygen atoms in total. The summed E-state index contributed by atoms with van der Waals surface area (Å²) < 4.78 is 11.1. The molecular weight excluding hydrogens is 294 g/mol. The second-order valence-corrected chi connectivity index (χ2v) is 6.38. The van der Waals surface area contributed by atoms with Crippen molar-refractivity contribution in [1.82, 2.24) is 15.1 Å². The second kappa shape index (κ2) is 6.58. The van der Waals surface area contributed by atoms with Crippen LogP contribution in [0.5, 0.6) is 0 Å². The standard InChI is InChI=1S/C14H20ClN3O3/c1-14(2,3)21-13(19)18-7-6-11(8-18)20-9-10-4-5-12(15)17-16-10/h4-5,11H,6-9H2,1-3H3/t11-/m1/s1. The van der Waals surface area contributed by atoms with E-state index in [9.17, 15) is 4.79 Å². The highest BCUT2D eigenvalue weighted by Gasteiger charge is 2.30. The van der Waals surface area contributed by atoms with Crippen LogP contribution in [0.1, 0.15) is 32.9 Å². The summed E-state index contributed by atoms with van der Waals surface area (Å²) in [4.78, 5) is 13.6. The predicted octanol–water partition coefficient (Wildman–Crippen LogP) is 2.66. The zero-order valence-corrected chi connectivity index (χ0v) is 13.3. The van der Waals surface area contributed by atoms with Gasteiger partial charge in [0.15, 0.2) is 5.15 Å². The maximum absolute atomic E-state index is 11.9. The molecule has 0 bridgehead atoms. The van der Waals surface area contributed by atoms with Gasteiger partial charge in [-0.05, 0) is 39.3 Å². The Hall–Kier alpha value is -1.40. The van der Waals surface area contributed by atoms with Crippen LogP contribution in [-0.2, 0) is 16.1 Å². The molecule has 2 heterocycles. The zero-order chi connectivity index (χ0) is 15.5. The van der Waals surface area contributed by atoms with Crippen LogP contribution in [0.4, 0.5) is 4.79 Å². The van der Waals surface area contributed by atoms with Gasteiger partial charge in [-0.3, -0.25) is 0 Å². The fourth-order valence-corrected chi connectivity index (χ4v) is 2.08. The van der Waals surface area contributed by atoms with Gasteiger partial charge in [0.05, 0.1) is 24.9 Å². The maximum atomic E-state index is 11.9. The number of amides is 1. The molecule has 0 radical (unpaired) electrons. The SMILES string of the molecule is CC(C)(C)OC(=O)N1CC[C@@H](OCc2ccc(Cl)nn2)C1. The number of nitrogens with zero attached hydrogens (tertiary/aromatic N) is 3. The molecule has 0 aromatic carbocycles. The van der Waals surface area contributed by atoms with E-state index in [0.29, 0.717) is 24.8 Å². The topological polar surface area (TPSA) is 64.5 Å². The minimum absolute atomic E-state index is 0.00463. The molecule has 116 valence electrons. The summed E-state index contributed by atoms with van der Waals surface area (Å²) in [6.45, 7) is 7.11. The van der Waals surface area contributed by atoms with Gasteiger partial charge in [0, 0.05) is 6.54 Å². The van der Waals surface area contributed by atoms with E-state index in [1.807, 2.05) is 20.8 Å². The van der Waals surface area contributed by atoms with Crippen molar-refractivity contribution in [2.45, 2.75) is 45.5 Å². The average molecular weight is 314 g/mol. The van der Waals surface area contributed by atoms with Crippen molar-refractivity contribution in [3.63, 3.8) is 0 Å². The summed E-state index contributed by atoms with van der Waals surface area (Å²) >= 11 is 5.67. The summed E-state index contributed by atoms with van der Waals surface area (Å²) in [5, 5.41) is 8.05. The lowest BCUT2D eigenvalue weighted by atomic mass is 10.2. The Kier molecular flexibility index (Phi) is 5.00. The van der Waals surface area contributed by atoms with Crippen molar-refractivity contribution in [2.75, 3.05) is 13.1 Å². The number of rotatable bonds is 3. The van der Waals surface area contributed by atoms with Crippen molar-refractivity contribution in [3.05, 3.63) is 23.0 Å². The van der Waals surface area contributed by atoms with E-state index >= 15 is 0 Å².